The molecule has 1 aromatic carbocycles. The largest absolute Gasteiger partial charge is 0.378 e. The van der Waals surface area contributed by atoms with Gasteiger partial charge in [-0.25, -0.2) is 9.37 Å². The Labute approximate surface area is 168 Å². The number of hydrogen-bond donors (Lipinski definition) is 1. The summed E-state index contributed by atoms with van der Waals surface area (Å²) in [6.45, 7) is 4.93. The molecule has 1 aromatic heterocycles. The van der Waals surface area contributed by atoms with E-state index < -0.39 is 5.92 Å². The number of nitrogens with one attached hydrogen (secondary N) is 1. The predicted octanol–water partition coefficient (Wildman–Crippen LogP) is 2.36. The molecule has 1 N–H and O–H groups in total. The summed E-state index contributed by atoms with van der Waals surface area (Å²) in [5.74, 6) is -0.733. The second-order valence-corrected chi connectivity index (χ2v) is 7.33. The maximum Gasteiger partial charge on any atom is 0.230 e. The summed E-state index contributed by atoms with van der Waals surface area (Å²) in [7, 11) is 0. The van der Waals surface area contributed by atoms with Gasteiger partial charge in [-0.05, 0) is 42.8 Å². The first-order valence-electron chi connectivity index (χ1n) is 9.67. The van der Waals surface area contributed by atoms with E-state index in [0.717, 1.165) is 18.8 Å². The molecule has 1 unspecified atom stereocenters. The zero-order valence-corrected chi connectivity index (χ0v) is 16.2. The first-order valence-corrected chi connectivity index (χ1v) is 9.67. The summed E-state index contributed by atoms with van der Waals surface area (Å²) in [5.41, 5.74) is 2.06. The van der Waals surface area contributed by atoms with E-state index >= 15 is 0 Å². The lowest BCUT2D eigenvalue weighted by Crippen LogP contribution is -2.36. The highest BCUT2D eigenvalue weighted by Gasteiger charge is 2.35. The number of pyridine rings is 1. The Kier molecular flexibility index (Phi) is 5.44. The number of morpholine rings is 1. The van der Waals surface area contributed by atoms with Gasteiger partial charge in [0.15, 0.2) is 0 Å². The van der Waals surface area contributed by atoms with E-state index in [9.17, 15) is 14.0 Å². The van der Waals surface area contributed by atoms with Gasteiger partial charge < -0.3 is 19.9 Å². The third-order valence-electron chi connectivity index (χ3n) is 5.32. The summed E-state index contributed by atoms with van der Waals surface area (Å²) >= 11 is 0. The fourth-order valence-electron chi connectivity index (χ4n) is 3.63. The minimum atomic E-state index is -0.478. The molecule has 3 heterocycles. The minimum Gasteiger partial charge on any atom is -0.378 e. The van der Waals surface area contributed by atoms with Crippen molar-refractivity contribution in [2.75, 3.05) is 48.0 Å². The number of benzene rings is 1. The lowest BCUT2D eigenvalue weighted by molar-refractivity contribution is -0.122. The first-order chi connectivity index (χ1) is 14.0. The molecule has 4 rings (SSSR count). The maximum atomic E-state index is 13.5. The number of hydrogen-bond acceptors (Lipinski definition) is 5. The summed E-state index contributed by atoms with van der Waals surface area (Å²) in [4.78, 5) is 33.0. The molecule has 29 heavy (non-hydrogen) atoms. The molecule has 0 spiro atoms. The van der Waals surface area contributed by atoms with Crippen LogP contribution in [0.25, 0.3) is 0 Å². The quantitative estimate of drug-likeness (QED) is 0.856. The summed E-state index contributed by atoms with van der Waals surface area (Å²) in [5, 5.41) is 2.79. The molecule has 2 saturated heterocycles. The van der Waals surface area contributed by atoms with Crippen LogP contribution in [0.1, 0.15) is 12.0 Å². The van der Waals surface area contributed by atoms with E-state index in [-0.39, 0.29) is 30.6 Å². The van der Waals surface area contributed by atoms with Crippen molar-refractivity contribution in [3.63, 3.8) is 0 Å². The van der Waals surface area contributed by atoms with E-state index in [0.29, 0.717) is 30.3 Å². The Balaban J connectivity index is 1.38. The highest BCUT2D eigenvalue weighted by molar-refractivity contribution is 6.03. The zero-order chi connectivity index (χ0) is 20.4. The molecule has 152 valence electrons. The number of anilines is 3. The van der Waals surface area contributed by atoms with Gasteiger partial charge in [0.1, 0.15) is 11.6 Å². The number of carbonyl (C=O) groups is 2. The molecule has 0 bridgehead atoms. The molecule has 0 saturated carbocycles. The molecule has 2 aromatic rings. The van der Waals surface area contributed by atoms with E-state index in [4.69, 9.17) is 4.74 Å². The van der Waals surface area contributed by atoms with Gasteiger partial charge in [0, 0.05) is 31.7 Å². The Morgan fingerprint density at radius 1 is 1.21 bits per heavy atom. The zero-order valence-electron chi connectivity index (χ0n) is 16.2. The Morgan fingerprint density at radius 2 is 1.97 bits per heavy atom. The number of amides is 2. The number of rotatable bonds is 4. The monoisotopic (exact) mass is 398 g/mol. The molecule has 1 atom stereocenters. The Hall–Kier alpha value is -3.00. The van der Waals surface area contributed by atoms with Crippen molar-refractivity contribution in [1.82, 2.24) is 4.98 Å². The van der Waals surface area contributed by atoms with Crippen molar-refractivity contribution in [3.05, 3.63) is 47.9 Å². The minimum absolute atomic E-state index is 0.119. The van der Waals surface area contributed by atoms with Gasteiger partial charge in [0.2, 0.25) is 11.8 Å². The van der Waals surface area contributed by atoms with Crippen LogP contribution in [0.5, 0.6) is 0 Å². The van der Waals surface area contributed by atoms with Crippen LogP contribution >= 0.6 is 0 Å². The topological polar surface area (TPSA) is 74.8 Å². The van der Waals surface area contributed by atoms with Crippen LogP contribution in [0.15, 0.2) is 36.5 Å². The standard InChI is InChI=1S/C21H23FN4O3/c1-14-10-16(2-4-18(14)22)26-13-15(11-20(26)27)21(28)24-19-5-3-17(12-23-19)25-6-8-29-9-7-25/h2-5,10,12,15H,6-9,11,13H2,1H3,(H,23,24,28). The van der Waals surface area contributed by atoms with Crippen LogP contribution in [0.2, 0.25) is 0 Å². The van der Waals surface area contributed by atoms with Crippen molar-refractivity contribution in [2.45, 2.75) is 13.3 Å². The van der Waals surface area contributed by atoms with Gasteiger partial charge in [-0.3, -0.25) is 9.59 Å². The van der Waals surface area contributed by atoms with Gasteiger partial charge in [-0.1, -0.05) is 0 Å². The second kappa shape index (κ2) is 8.16. The SMILES string of the molecule is Cc1cc(N2CC(C(=O)Nc3ccc(N4CCOCC4)cn3)CC2=O)ccc1F. The van der Waals surface area contributed by atoms with Crippen molar-refractivity contribution >= 4 is 29.0 Å². The van der Waals surface area contributed by atoms with Crippen LogP contribution in [0.4, 0.5) is 21.6 Å². The lowest BCUT2D eigenvalue weighted by Gasteiger charge is -2.28. The smallest absolute Gasteiger partial charge is 0.230 e. The van der Waals surface area contributed by atoms with Crippen molar-refractivity contribution in [3.8, 4) is 0 Å². The fourth-order valence-corrected chi connectivity index (χ4v) is 3.63. The van der Waals surface area contributed by atoms with E-state index in [1.165, 1.54) is 11.0 Å². The molecular weight excluding hydrogens is 375 g/mol. The lowest BCUT2D eigenvalue weighted by atomic mass is 10.1. The number of carbonyl (C=O) groups excluding carboxylic acids is 2. The van der Waals surface area contributed by atoms with E-state index in [1.54, 1.807) is 31.3 Å². The number of halogens is 1. The molecule has 0 radical (unpaired) electrons. The van der Waals surface area contributed by atoms with E-state index in [2.05, 4.69) is 15.2 Å². The summed E-state index contributed by atoms with van der Waals surface area (Å²) in [6, 6.07) is 8.21. The Morgan fingerprint density at radius 3 is 2.66 bits per heavy atom. The van der Waals surface area contributed by atoms with Gasteiger partial charge >= 0.3 is 0 Å². The number of nitrogens with zero attached hydrogens (tertiary/aromatic N) is 3. The average Bonchev–Trinajstić information content (AvgIpc) is 3.13. The van der Waals surface area contributed by atoms with Gasteiger partial charge in [-0.2, -0.15) is 0 Å². The van der Waals surface area contributed by atoms with E-state index in [1.807, 2.05) is 6.07 Å². The van der Waals surface area contributed by atoms with Gasteiger partial charge in [-0.15, -0.1) is 0 Å². The van der Waals surface area contributed by atoms with Crippen LogP contribution in [-0.4, -0.2) is 49.6 Å². The van der Waals surface area contributed by atoms with Gasteiger partial charge in [0.25, 0.3) is 0 Å². The highest BCUT2D eigenvalue weighted by Crippen LogP contribution is 2.27. The number of ether oxygens (including phenoxy) is 1. The molecule has 7 nitrogen and oxygen atoms in total. The summed E-state index contributed by atoms with van der Waals surface area (Å²) in [6.07, 6.45) is 1.85. The third-order valence-corrected chi connectivity index (χ3v) is 5.32. The predicted molar refractivity (Wildman–Crippen MR) is 107 cm³/mol. The van der Waals surface area contributed by atoms with Crippen LogP contribution in [0, 0.1) is 18.7 Å². The summed E-state index contributed by atoms with van der Waals surface area (Å²) < 4.78 is 18.8. The second-order valence-electron chi connectivity index (χ2n) is 7.33. The van der Waals surface area contributed by atoms with Crippen LogP contribution < -0.4 is 15.1 Å². The first kappa shape index (κ1) is 19.3. The highest BCUT2D eigenvalue weighted by atomic mass is 19.1. The van der Waals surface area contributed by atoms with Gasteiger partial charge in [0.05, 0.1) is 31.0 Å². The molecule has 2 fully saturated rings. The number of aromatic nitrogens is 1. The molecular formula is C21H23FN4O3. The van der Waals surface area contributed by atoms with Crippen molar-refractivity contribution in [1.29, 1.82) is 0 Å². The molecule has 2 amide bonds. The van der Waals surface area contributed by atoms with Crippen molar-refractivity contribution in [2.24, 2.45) is 5.92 Å². The third kappa shape index (κ3) is 4.22. The normalized spacial score (nSPS) is 19.5. The maximum absolute atomic E-state index is 13.5. The molecule has 0 aliphatic carbocycles. The van der Waals surface area contributed by atoms with Crippen LogP contribution in [-0.2, 0) is 14.3 Å². The number of aryl methyl sites for hydroxylation is 1. The fraction of sp³-hybridized carbons (Fsp3) is 0.381. The Bertz CT molecular complexity index is 913. The molecule has 8 heteroatoms. The average molecular weight is 398 g/mol. The van der Waals surface area contributed by atoms with Crippen molar-refractivity contribution < 1.29 is 18.7 Å². The molecule has 2 aliphatic heterocycles. The van der Waals surface area contributed by atoms with Crippen LogP contribution in [0.3, 0.4) is 0 Å². The molecule has 2 aliphatic rings.